The second kappa shape index (κ2) is 6.83. The summed E-state index contributed by atoms with van der Waals surface area (Å²) in [6.45, 7) is 9.17. The maximum absolute atomic E-state index is 11.9. The fourth-order valence-electron chi connectivity index (χ4n) is 4.02. The Labute approximate surface area is 158 Å². The number of fused-ring (bicyclic) bond motifs is 1. The summed E-state index contributed by atoms with van der Waals surface area (Å²) in [5.74, 6) is 2.38. The molecule has 27 heavy (non-hydrogen) atoms. The van der Waals surface area contributed by atoms with Gasteiger partial charge in [0, 0.05) is 18.5 Å². The second-order valence-electron chi connectivity index (χ2n) is 7.89. The third-order valence-corrected chi connectivity index (χ3v) is 5.19. The number of aromatic nitrogens is 3. The van der Waals surface area contributed by atoms with Crippen molar-refractivity contribution in [2.24, 2.45) is 5.92 Å². The first-order chi connectivity index (χ1) is 12.9. The minimum atomic E-state index is -0.0140. The number of carbonyl (C=O) groups excluding carboxylic acids is 1. The summed E-state index contributed by atoms with van der Waals surface area (Å²) < 4.78 is 7.60. The van der Waals surface area contributed by atoms with Crippen LogP contribution in [0.3, 0.4) is 0 Å². The van der Waals surface area contributed by atoms with Crippen molar-refractivity contribution in [1.29, 1.82) is 0 Å². The lowest BCUT2D eigenvalue weighted by molar-refractivity contribution is -0.123. The summed E-state index contributed by atoms with van der Waals surface area (Å²) in [7, 11) is 0. The van der Waals surface area contributed by atoms with Gasteiger partial charge in [-0.05, 0) is 50.3 Å². The van der Waals surface area contributed by atoms with Gasteiger partial charge in [-0.3, -0.25) is 4.79 Å². The number of hydrogen-bond donors (Lipinski definition) is 1. The number of aryl methyl sites for hydroxylation is 2. The van der Waals surface area contributed by atoms with Crippen LogP contribution in [0.2, 0.25) is 0 Å². The first-order valence-electron chi connectivity index (χ1n) is 9.67. The normalized spacial score (nSPS) is 17.7. The monoisotopic (exact) mass is 366 g/mol. The van der Waals surface area contributed by atoms with Crippen LogP contribution in [-0.4, -0.2) is 20.6 Å². The van der Waals surface area contributed by atoms with E-state index in [-0.39, 0.29) is 11.9 Å². The number of piperidine rings is 1. The van der Waals surface area contributed by atoms with Gasteiger partial charge in [-0.2, -0.15) is 0 Å². The molecule has 6 heteroatoms. The SMILES string of the molecule is Cc1noc(C)c1-c1ccc2c(c1)nc([C@@H]1CCCC(=O)N1)n2CC(C)C. The van der Waals surface area contributed by atoms with Gasteiger partial charge in [0.2, 0.25) is 5.91 Å². The van der Waals surface area contributed by atoms with E-state index in [0.29, 0.717) is 12.3 Å². The standard InChI is InChI=1S/C21H26N4O2/c1-12(2)11-25-18-9-8-15(20-13(3)24-27-14(20)4)10-17(18)23-21(25)16-6-5-7-19(26)22-16/h8-10,12,16H,5-7,11H2,1-4H3,(H,22,26)/t16-/m0/s1. The predicted octanol–water partition coefficient (Wildman–Crippen LogP) is 4.31. The van der Waals surface area contributed by atoms with E-state index in [1.54, 1.807) is 0 Å². The largest absolute Gasteiger partial charge is 0.361 e. The van der Waals surface area contributed by atoms with Crippen LogP contribution in [-0.2, 0) is 11.3 Å². The van der Waals surface area contributed by atoms with Gasteiger partial charge in [0.25, 0.3) is 0 Å². The molecule has 3 heterocycles. The Morgan fingerprint density at radius 1 is 1.33 bits per heavy atom. The summed E-state index contributed by atoms with van der Waals surface area (Å²) in [6.07, 6.45) is 2.45. The van der Waals surface area contributed by atoms with Crippen LogP contribution in [0.5, 0.6) is 0 Å². The lowest BCUT2D eigenvalue weighted by atomic mass is 10.0. The van der Waals surface area contributed by atoms with Gasteiger partial charge in [-0.15, -0.1) is 0 Å². The maximum Gasteiger partial charge on any atom is 0.220 e. The van der Waals surface area contributed by atoms with E-state index >= 15 is 0 Å². The van der Waals surface area contributed by atoms with E-state index in [1.165, 1.54) is 0 Å². The molecule has 1 aromatic carbocycles. The Morgan fingerprint density at radius 2 is 2.15 bits per heavy atom. The van der Waals surface area contributed by atoms with Crippen molar-refractivity contribution in [2.75, 3.05) is 0 Å². The molecule has 1 N–H and O–H groups in total. The zero-order valence-electron chi connectivity index (χ0n) is 16.4. The third-order valence-electron chi connectivity index (χ3n) is 5.19. The summed E-state index contributed by atoms with van der Waals surface area (Å²) in [4.78, 5) is 16.9. The summed E-state index contributed by atoms with van der Waals surface area (Å²) in [5.41, 5.74) is 5.03. The van der Waals surface area contributed by atoms with E-state index in [0.717, 1.165) is 58.8 Å². The van der Waals surface area contributed by atoms with Crippen molar-refractivity contribution in [3.05, 3.63) is 35.5 Å². The quantitative estimate of drug-likeness (QED) is 0.747. The van der Waals surface area contributed by atoms with E-state index in [1.807, 2.05) is 13.8 Å². The Morgan fingerprint density at radius 3 is 2.81 bits per heavy atom. The molecule has 0 aliphatic carbocycles. The van der Waals surface area contributed by atoms with Gasteiger partial charge in [0.05, 0.1) is 22.8 Å². The molecule has 0 spiro atoms. The minimum Gasteiger partial charge on any atom is -0.361 e. The fourth-order valence-corrected chi connectivity index (χ4v) is 4.02. The number of nitrogens with zero attached hydrogens (tertiary/aromatic N) is 3. The number of rotatable bonds is 4. The minimum absolute atomic E-state index is 0.0140. The van der Waals surface area contributed by atoms with Crippen LogP contribution in [0.1, 0.15) is 56.4 Å². The molecule has 1 atom stereocenters. The van der Waals surface area contributed by atoms with Crippen molar-refractivity contribution in [2.45, 2.75) is 59.5 Å². The number of imidazole rings is 1. The molecule has 1 aliphatic heterocycles. The third kappa shape index (κ3) is 3.24. The lowest BCUT2D eigenvalue weighted by Crippen LogP contribution is -2.34. The summed E-state index contributed by atoms with van der Waals surface area (Å²) in [6, 6.07) is 6.32. The highest BCUT2D eigenvalue weighted by Crippen LogP contribution is 2.32. The highest BCUT2D eigenvalue weighted by molar-refractivity contribution is 5.84. The molecular weight excluding hydrogens is 340 g/mol. The maximum atomic E-state index is 11.9. The number of carbonyl (C=O) groups is 1. The molecule has 142 valence electrons. The van der Waals surface area contributed by atoms with Crippen LogP contribution >= 0.6 is 0 Å². The average Bonchev–Trinajstić information content (AvgIpc) is 3.14. The fraction of sp³-hybridized carbons (Fsp3) is 0.476. The van der Waals surface area contributed by atoms with E-state index < -0.39 is 0 Å². The van der Waals surface area contributed by atoms with Crippen molar-refractivity contribution in [1.82, 2.24) is 20.0 Å². The molecule has 0 bridgehead atoms. The van der Waals surface area contributed by atoms with Crippen LogP contribution in [0.25, 0.3) is 22.2 Å². The zero-order chi connectivity index (χ0) is 19.1. The van der Waals surface area contributed by atoms with Gasteiger partial charge in [-0.25, -0.2) is 4.98 Å². The molecule has 3 aromatic rings. The second-order valence-corrected chi connectivity index (χ2v) is 7.89. The van der Waals surface area contributed by atoms with Crippen LogP contribution < -0.4 is 5.32 Å². The van der Waals surface area contributed by atoms with Crippen LogP contribution in [0.4, 0.5) is 0 Å². The molecule has 6 nitrogen and oxygen atoms in total. The van der Waals surface area contributed by atoms with Gasteiger partial charge in [0.15, 0.2) is 0 Å². The molecule has 1 aliphatic rings. The number of benzene rings is 1. The number of hydrogen-bond acceptors (Lipinski definition) is 4. The van der Waals surface area contributed by atoms with Crippen molar-refractivity contribution in [3.63, 3.8) is 0 Å². The first kappa shape index (κ1) is 17.8. The van der Waals surface area contributed by atoms with Crippen LogP contribution in [0, 0.1) is 19.8 Å². The molecule has 0 saturated carbocycles. The van der Waals surface area contributed by atoms with E-state index in [4.69, 9.17) is 9.51 Å². The highest BCUT2D eigenvalue weighted by atomic mass is 16.5. The van der Waals surface area contributed by atoms with Gasteiger partial charge in [0.1, 0.15) is 11.6 Å². The average molecular weight is 366 g/mol. The smallest absolute Gasteiger partial charge is 0.220 e. The first-order valence-corrected chi connectivity index (χ1v) is 9.67. The summed E-state index contributed by atoms with van der Waals surface area (Å²) in [5, 5.41) is 7.19. The lowest BCUT2D eigenvalue weighted by Gasteiger charge is -2.24. The van der Waals surface area contributed by atoms with Crippen molar-refractivity contribution in [3.8, 4) is 11.1 Å². The molecule has 4 rings (SSSR count). The van der Waals surface area contributed by atoms with Crippen LogP contribution in [0.15, 0.2) is 22.7 Å². The summed E-state index contributed by atoms with van der Waals surface area (Å²) >= 11 is 0. The van der Waals surface area contributed by atoms with E-state index in [2.05, 4.69) is 47.1 Å². The Kier molecular flexibility index (Phi) is 4.50. The molecule has 0 radical (unpaired) electrons. The van der Waals surface area contributed by atoms with Crippen molar-refractivity contribution < 1.29 is 9.32 Å². The molecule has 1 fully saturated rings. The highest BCUT2D eigenvalue weighted by Gasteiger charge is 2.26. The molecular formula is C21H26N4O2. The number of nitrogens with one attached hydrogen (secondary N) is 1. The van der Waals surface area contributed by atoms with E-state index in [9.17, 15) is 4.79 Å². The molecule has 2 aromatic heterocycles. The molecule has 1 amide bonds. The van der Waals surface area contributed by atoms with Gasteiger partial charge in [-0.1, -0.05) is 25.1 Å². The van der Waals surface area contributed by atoms with Gasteiger partial charge >= 0.3 is 0 Å². The predicted molar refractivity (Wildman–Crippen MR) is 104 cm³/mol. The van der Waals surface area contributed by atoms with Crippen molar-refractivity contribution >= 4 is 16.9 Å². The topological polar surface area (TPSA) is 72.9 Å². The molecule has 1 saturated heterocycles. The zero-order valence-corrected chi connectivity index (χ0v) is 16.4. The number of amides is 1. The van der Waals surface area contributed by atoms with Gasteiger partial charge < -0.3 is 14.4 Å². The molecule has 0 unspecified atom stereocenters. The Bertz CT molecular complexity index is 980. The Balaban J connectivity index is 1.83. The Hall–Kier alpha value is -2.63.